The second kappa shape index (κ2) is 5.29. The molecular weight excluding hydrogens is 206 g/mol. The highest BCUT2D eigenvalue weighted by atomic mass is 16.4. The van der Waals surface area contributed by atoms with E-state index in [2.05, 4.69) is 29.0 Å². The van der Waals surface area contributed by atoms with Crippen LogP contribution in [0.4, 0.5) is 5.82 Å². The number of rotatable bonds is 4. The minimum Gasteiger partial charge on any atom is -0.409 e. The molecule has 1 atom stereocenters. The third-order valence-electron chi connectivity index (χ3n) is 2.62. The summed E-state index contributed by atoms with van der Waals surface area (Å²) in [5.41, 5.74) is 5.94. The maximum absolute atomic E-state index is 8.67. The highest BCUT2D eigenvalue weighted by molar-refractivity contribution is 5.99. The Kier molecular flexibility index (Phi) is 4.04. The molecule has 0 radical (unpaired) electrons. The first-order valence-electron chi connectivity index (χ1n) is 5.13. The summed E-state index contributed by atoms with van der Waals surface area (Å²) < 4.78 is 0. The molecule has 88 valence electrons. The predicted octanol–water partition coefficient (Wildman–Crippen LogP) is 0.806. The van der Waals surface area contributed by atoms with Gasteiger partial charge in [0, 0.05) is 25.5 Å². The van der Waals surface area contributed by atoms with E-state index in [1.165, 1.54) is 6.20 Å². The second-order valence-electron chi connectivity index (χ2n) is 3.58. The molecule has 6 heteroatoms. The lowest BCUT2D eigenvalue weighted by Gasteiger charge is -2.25. The molecule has 0 saturated heterocycles. The highest BCUT2D eigenvalue weighted by Gasteiger charge is 2.16. The van der Waals surface area contributed by atoms with E-state index in [-0.39, 0.29) is 5.84 Å². The number of nitrogens with zero attached hydrogens (tertiary/aromatic N) is 4. The molecular formula is C10H17N5O. The zero-order chi connectivity index (χ0) is 12.1. The van der Waals surface area contributed by atoms with Crippen molar-refractivity contribution in [3.05, 3.63) is 18.1 Å². The van der Waals surface area contributed by atoms with Crippen molar-refractivity contribution in [1.29, 1.82) is 0 Å². The maximum Gasteiger partial charge on any atom is 0.192 e. The fourth-order valence-electron chi connectivity index (χ4n) is 1.30. The summed E-state index contributed by atoms with van der Waals surface area (Å²) in [5.74, 6) is 0.588. The second-order valence-corrected chi connectivity index (χ2v) is 3.58. The van der Waals surface area contributed by atoms with E-state index in [0.29, 0.717) is 17.6 Å². The average molecular weight is 223 g/mol. The number of nitrogens with two attached hydrogens (primary N) is 1. The number of oxime groups is 1. The standard InChI is InChI=1S/C10H17N5O/c1-4-7(2)15(3)10-8(9(11)14-16)12-5-6-13-10/h5-7,16H,4H2,1-3H3,(H2,11,14). The van der Waals surface area contributed by atoms with Crippen molar-refractivity contribution in [2.45, 2.75) is 26.3 Å². The Hall–Kier alpha value is -1.85. The van der Waals surface area contributed by atoms with Gasteiger partial charge in [0.2, 0.25) is 0 Å². The van der Waals surface area contributed by atoms with Crippen LogP contribution in [0, 0.1) is 0 Å². The fourth-order valence-corrected chi connectivity index (χ4v) is 1.30. The molecule has 1 aromatic heterocycles. The smallest absolute Gasteiger partial charge is 0.192 e. The molecule has 0 saturated carbocycles. The van der Waals surface area contributed by atoms with E-state index < -0.39 is 0 Å². The molecule has 0 aromatic carbocycles. The fraction of sp³-hybridized carbons (Fsp3) is 0.500. The monoisotopic (exact) mass is 223 g/mol. The Labute approximate surface area is 94.8 Å². The third kappa shape index (κ3) is 2.39. The summed E-state index contributed by atoms with van der Waals surface area (Å²) in [6, 6.07) is 0.307. The predicted molar refractivity (Wildman–Crippen MR) is 62.7 cm³/mol. The first-order chi connectivity index (χ1) is 7.61. The average Bonchev–Trinajstić information content (AvgIpc) is 2.35. The lowest BCUT2D eigenvalue weighted by atomic mass is 10.2. The van der Waals surface area contributed by atoms with Crippen molar-refractivity contribution >= 4 is 11.7 Å². The van der Waals surface area contributed by atoms with Gasteiger partial charge in [-0.3, -0.25) is 0 Å². The van der Waals surface area contributed by atoms with Crippen LogP contribution in [0.3, 0.4) is 0 Å². The van der Waals surface area contributed by atoms with Crippen LogP contribution >= 0.6 is 0 Å². The molecule has 0 spiro atoms. The maximum atomic E-state index is 8.67. The van der Waals surface area contributed by atoms with Crippen LogP contribution in [0.5, 0.6) is 0 Å². The molecule has 0 bridgehead atoms. The van der Waals surface area contributed by atoms with Gasteiger partial charge in [-0.25, -0.2) is 9.97 Å². The number of amidine groups is 1. The number of hydrogen-bond donors (Lipinski definition) is 2. The van der Waals surface area contributed by atoms with Gasteiger partial charge in [0.05, 0.1) is 0 Å². The summed E-state index contributed by atoms with van der Waals surface area (Å²) in [6.07, 6.45) is 4.08. The zero-order valence-corrected chi connectivity index (χ0v) is 9.75. The largest absolute Gasteiger partial charge is 0.409 e. The number of hydrogen-bond acceptors (Lipinski definition) is 5. The SMILES string of the molecule is CCC(C)N(C)c1nccnc1C(N)=NO. The van der Waals surface area contributed by atoms with Gasteiger partial charge in [0.1, 0.15) is 0 Å². The van der Waals surface area contributed by atoms with Crippen LogP contribution in [-0.4, -0.2) is 34.1 Å². The molecule has 0 aliphatic carbocycles. The molecule has 0 aliphatic rings. The summed E-state index contributed by atoms with van der Waals surface area (Å²) in [5, 5.41) is 11.6. The van der Waals surface area contributed by atoms with Crippen molar-refractivity contribution in [3.63, 3.8) is 0 Å². The van der Waals surface area contributed by atoms with E-state index >= 15 is 0 Å². The quantitative estimate of drug-likeness (QED) is 0.341. The van der Waals surface area contributed by atoms with Crippen LogP contribution in [0.1, 0.15) is 26.0 Å². The molecule has 1 unspecified atom stereocenters. The van der Waals surface area contributed by atoms with Gasteiger partial charge in [-0.2, -0.15) is 0 Å². The molecule has 3 N–H and O–H groups in total. The lowest BCUT2D eigenvalue weighted by molar-refractivity contribution is 0.318. The Morgan fingerprint density at radius 2 is 2.19 bits per heavy atom. The molecule has 16 heavy (non-hydrogen) atoms. The molecule has 0 amide bonds. The molecule has 0 fully saturated rings. The van der Waals surface area contributed by atoms with Gasteiger partial charge in [0.15, 0.2) is 17.3 Å². The molecule has 0 aliphatic heterocycles. The van der Waals surface area contributed by atoms with Crippen LogP contribution in [-0.2, 0) is 0 Å². The summed E-state index contributed by atoms with van der Waals surface area (Å²) >= 11 is 0. The molecule has 1 rings (SSSR count). The lowest BCUT2D eigenvalue weighted by Crippen LogP contribution is -2.32. The Morgan fingerprint density at radius 1 is 1.56 bits per heavy atom. The van der Waals surface area contributed by atoms with Crippen LogP contribution < -0.4 is 10.6 Å². The Balaban J connectivity index is 3.13. The minimum absolute atomic E-state index is 0.0294. The van der Waals surface area contributed by atoms with Crippen molar-refractivity contribution in [1.82, 2.24) is 9.97 Å². The number of aromatic nitrogens is 2. The third-order valence-corrected chi connectivity index (χ3v) is 2.62. The topological polar surface area (TPSA) is 87.6 Å². The Morgan fingerprint density at radius 3 is 2.75 bits per heavy atom. The van der Waals surface area contributed by atoms with E-state index in [9.17, 15) is 0 Å². The molecule has 1 heterocycles. The van der Waals surface area contributed by atoms with Gasteiger partial charge in [-0.05, 0) is 13.3 Å². The Bertz CT molecular complexity index is 379. The number of anilines is 1. The first kappa shape index (κ1) is 12.2. The highest BCUT2D eigenvalue weighted by Crippen LogP contribution is 2.16. The zero-order valence-electron chi connectivity index (χ0n) is 9.75. The van der Waals surface area contributed by atoms with E-state index in [4.69, 9.17) is 10.9 Å². The molecule has 1 aromatic rings. The van der Waals surface area contributed by atoms with E-state index in [0.717, 1.165) is 6.42 Å². The van der Waals surface area contributed by atoms with Crippen LogP contribution in [0.15, 0.2) is 17.5 Å². The first-order valence-corrected chi connectivity index (χ1v) is 5.13. The van der Waals surface area contributed by atoms with Crippen LogP contribution in [0.2, 0.25) is 0 Å². The van der Waals surface area contributed by atoms with Gasteiger partial charge in [0.25, 0.3) is 0 Å². The van der Waals surface area contributed by atoms with E-state index in [1.54, 1.807) is 6.20 Å². The van der Waals surface area contributed by atoms with Gasteiger partial charge < -0.3 is 15.8 Å². The van der Waals surface area contributed by atoms with Crippen molar-refractivity contribution < 1.29 is 5.21 Å². The minimum atomic E-state index is -0.0294. The van der Waals surface area contributed by atoms with Gasteiger partial charge in [-0.1, -0.05) is 12.1 Å². The van der Waals surface area contributed by atoms with E-state index in [1.807, 2.05) is 11.9 Å². The summed E-state index contributed by atoms with van der Waals surface area (Å²) in [4.78, 5) is 10.2. The van der Waals surface area contributed by atoms with Crippen molar-refractivity contribution in [2.24, 2.45) is 10.9 Å². The van der Waals surface area contributed by atoms with Gasteiger partial charge in [-0.15, -0.1) is 0 Å². The normalized spacial score (nSPS) is 13.6. The van der Waals surface area contributed by atoms with Crippen molar-refractivity contribution in [2.75, 3.05) is 11.9 Å². The van der Waals surface area contributed by atoms with Crippen LogP contribution in [0.25, 0.3) is 0 Å². The molecule has 6 nitrogen and oxygen atoms in total. The van der Waals surface area contributed by atoms with Gasteiger partial charge >= 0.3 is 0 Å². The summed E-state index contributed by atoms with van der Waals surface area (Å²) in [7, 11) is 1.91. The van der Waals surface area contributed by atoms with Crippen molar-refractivity contribution in [3.8, 4) is 0 Å². The summed E-state index contributed by atoms with van der Waals surface area (Å²) in [6.45, 7) is 4.16.